The van der Waals surface area contributed by atoms with Gasteiger partial charge in [-0.15, -0.1) is 0 Å². The predicted octanol–water partition coefficient (Wildman–Crippen LogP) is 20.4. The van der Waals surface area contributed by atoms with E-state index in [1.54, 1.807) is 0 Å². The third-order valence-corrected chi connectivity index (χ3v) is 16.6. The Morgan fingerprint density at radius 3 is 0.909 bits per heavy atom. The molecule has 0 N–H and O–H groups in total. The van der Waals surface area contributed by atoms with Crippen LogP contribution in [-0.4, -0.2) is 34.1 Å². The molecule has 16 rings (SSSR count). The van der Waals surface area contributed by atoms with Crippen LogP contribution >= 0.6 is 0 Å². The Morgan fingerprint density at radius 2 is 0.568 bits per heavy atom. The lowest BCUT2D eigenvalue weighted by Gasteiger charge is -2.17. The molecule has 9 aromatic carbocycles. The lowest BCUT2D eigenvalue weighted by atomic mass is 10.0. The van der Waals surface area contributed by atoms with Gasteiger partial charge in [-0.05, 0) is 90.5 Å². The van der Waals surface area contributed by atoms with E-state index in [1.807, 2.05) is 97.2 Å². The van der Waals surface area contributed by atoms with Crippen molar-refractivity contribution >= 4 is 49.3 Å². The van der Waals surface area contributed by atoms with Gasteiger partial charge in [0.1, 0.15) is 5.82 Å². The van der Waals surface area contributed by atoms with Crippen molar-refractivity contribution < 1.29 is 0 Å². The standard InChI is InChI=1S/C80H50N8/c1-81-61-28-14-27-56(45-61)66-50-80(88-77-48-59(73-35-17-31-69(85-73)54-23-10-4-11-24-54)39-43-64(77)65-44-40-60(49-78(65)88)74-36-18-32-70(86-74)55-25-12-5-13-26-55)82-51-79(66)87-75-46-57(71-33-15-29-67(83-71)52-19-6-2-7-20-52)37-41-62(75)63-42-38-58(47-76(63)87)72-34-16-30-68(84-72)53-21-8-3-9-22-53/h2-51H. The van der Waals surface area contributed by atoms with E-state index >= 15 is 0 Å². The van der Waals surface area contributed by atoms with Gasteiger partial charge in [-0.1, -0.05) is 212 Å². The molecule has 8 heteroatoms. The first-order valence-corrected chi connectivity index (χ1v) is 29.3. The summed E-state index contributed by atoms with van der Waals surface area (Å²) in [4.78, 5) is 30.6. The molecule has 0 aliphatic rings. The van der Waals surface area contributed by atoms with Crippen molar-refractivity contribution in [1.82, 2.24) is 34.1 Å². The molecule has 0 amide bonds. The topological polar surface area (TPSA) is 78.7 Å². The Balaban J connectivity index is 0.946. The van der Waals surface area contributed by atoms with Gasteiger partial charge in [0.25, 0.3) is 0 Å². The summed E-state index contributed by atoms with van der Waals surface area (Å²) in [6.07, 6.45) is 2.01. The molecule has 8 nitrogen and oxygen atoms in total. The maximum atomic E-state index is 8.29. The number of rotatable bonds is 11. The van der Waals surface area contributed by atoms with E-state index in [4.69, 9.17) is 31.5 Å². The van der Waals surface area contributed by atoms with Gasteiger partial charge in [0, 0.05) is 71.6 Å². The Bertz CT molecular complexity index is 5110. The molecule has 0 unspecified atom stereocenters. The summed E-state index contributed by atoms with van der Waals surface area (Å²) in [5, 5.41) is 4.26. The molecule has 16 aromatic rings. The lowest BCUT2D eigenvalue weighted by Crippen LogP contribution is -2.04. The van der Waals surface area contributed by atoms with E-state index in [-0.39, 0.29) is 0 Å². The number of benzene rings is 9. The van der Waals surface area contributed by atoms with Crippen LogP contribution in [0.25, 0.3) is 161 Å². The summed E-state index contributed by atoms with van der Waals surface area (Å²) in [5.41, 5.74) is 22.1. The van der Waals surface area contributed by atoms with Crippen molar-refractivity contribution in [3.63, 3.8) is 0 Å². The minimum atomic E-state index is 0.531. The van der Waals surface area contributed by atoms with Crippen molar-refractivity contribution in [3.8, 4) is 113 Å². The van der Waals surface area contributed by atoms with E-state index in [0.717, 1.165) is 150 Å². The number of pyridine rings is 5. The smallest absolute Gasteiger partial charge is 0.187 e. The van der Waals surface area contributed by atoms with E-state index in [9.17, 15) is 0 Å². The normalized spacial score (nSPS) is 11.4. The van der Waals surface area contributed by atoms with Gasteiger partial charge < -0.3 is 4.57 Å². The van der Waals surface area contributed by atoms with E-state index in [1.165, 1.54) is 0 Å². The van der Waals surface area contributed by atoms with Crippen LogP contribution in [0.5, 0.6) is 0 Å². The monoisotopic (exact) mass is 1120 g/mol. The molecule has 7 aromatic heterocycles. The second kappa shape index (κ2) is 21.8. The molecule has 0 spiro atoms. The summed E-state index contributed by atoms with van der Waals surface area (Å²) in [7, 11) is 0. The van der Waals surface area contributed by atoms with Crippen molar-refractivity contribution in [3.05, 3.63) is 315 Å². The molecule has 0 bridgehead atoms. The summed E-state index contributed by atoms with van der Waals surface area (Å²) in [6.45, 7) is 8.29. The minimum absolute atomic E-state index is 0.531. The zero-order valence-corrected chi connectivity index (χ0v) is 47.4. The maximum Gasteiger partial charge on any atom is 0.187 e. The van der Waals surface area contributed by atoms with Gasteiger partial charge >= 0.3 is 0 Å². The van der Waals surface area contributed by atoms with Crippen molar-refractivity contribution in [2.24, 2.45) is 0 Å². The summed E-state index contributed by atoms with van der Waals surface area (Å²) in [5.74, 6) is 0.698. The summed E-state index contributed by atoms with van der Waals surface area (Å²) in [6, 6.07) is 103. The van der Waals surface area contributed by atoms with E-state index in [2.05, 4.69) is 220 Å². The molecular formula is C80H50N8. The fourth-order valence-electron chi connectivity index (χ4n) is 12.4. The minimum Gasteiger partial charge on any atom is -0.307 e. The van der Waals surface area contributed by atoms with Crippen LogP contribution in [0.15, 0.2) is 303 Å². The SMILES string of the molecule is [C-]#[N+]c1cccc(-c2cc(-n3c4cc(-c5cccc(-c6ccccc6)n5)ccc4c4ccc(-c5cccc(-c6ccccc6)n5)cc43)ncc2-n2c3cc(-c4cccc(-c5ccccc5)n4)ccc3c3ccc(-c4cccc(-c5ccccc5)n4)cc32)c1. The lowest BCUT2D eigenvalue weighted by molar-refractivity contribution is 1.06. The van der Waals surface area contributed by atoms with E-state index in [0.29, 0.717) is 11.5 Å². The molecule has 410 valence electrons. The molecule has 88 heavy (non-hydrogen) atoms. The van der Waals surface area contributed by atoms with Crippen LogP contribution in [0.4, 0.5) is 5.69 Å². The zero-order chi connectivity index (χ0) is 58.5. The molecule has 0 atom stereocenters. The number of fused-ring (bicyclic) bond motifs is 6. The Hall–Kier alpha value is -12.2. The molecule has 0 aliphatic heterocycles. The largest absolute Gasteiger partial charge is 0.307 e. The Labute approximate surface area is 508 Å². The second-order valence-corrected chi connectivity index (χ2v) is 21.9. The molecular weight excluding hydrogens is 1070 g/mol. The molecule has 0 aliphatic carbocycles. The second-order valence-electron chi connectivity index (χ2n) is 21.9. The van der Waals surface area contributed by atoms with Crippen LogP contribution in [0.3, 0.4) is 0 Å². The third kappa shape index (κ3) is 9.33. The maximum absolute atomic E-state index is 8.29. The first-order chi connectivity index (χ1) is 43.5. The highest BCUT2D eigenvalue weighted by molar-refractivity contribution is 6.13. The zero-order valence-electron chi connectivity index (χ0n) is 47.4. The number of aromatic nitrogens is 7. The van der Waals surface area contributed by atoms with Crippen LogP contribution in [0.1, 0.15) is 0 Å². The van der Waals surface area contributed by atoms with Gasteiger partial charge in [-0.3, -0.25) is 4.57 Å². The van der Waals surface area contributed by atoms with Crippen molar-refractivity contribution in [1.29, 1.82) is 0 Å². The number of hydrogen-bond acceptors (Lipinski definition) is 5. The first kappa shape index (κ1) is 51.5. The number of hydrogen-bond donors (Lipinski definition) is 0. The van der Waals surface area contributed by atoms with Crippen molar-refractivity contribution in [2.45, 2.75) is 0 Å². The van der Waals surface area contributed by atoms with Crippen LogP contribution < -0.4 is 0 Å². The molecule has 0 saturated heterocycles. The van der Waals surface area contributed by atoms with Gasteiger partial charge in [0.2, 0.25) is 0 Å². The third-order valence-electron chi connectivity index (χ3n) is 16.6. The van der Waals surface area contributed by atoms with Crippen LogP contribution in [0.2, 0.25) is 0 Å². The fourth-order valence-corrected chi connectivity index (χ4v) is 12.4. The molecule has 0 saturated carbocycles. The summed E-state index contributed by atoms with van der Waals surface area (Å²) < 4.78 is 4.62. The highest BCUT2D eigenvalue weighted by Gasteiger charge is 2.23. The fraction of sp³-hybridized carbons (Fsp3) is 0. The average Bonchev–Trinajstić information content (AvgIpc) is 2.34. The van der Waals surface area contributed by atoms with Crippen molar-refractivity contribution in [2.75, 3.05) is 0 Å². The molecule has 7 heterocycles. The van der Waals surface area contributed by atoms with E-state index < -0.39 is 0 Å². The quantitative estimate of drug-likeness (QED) is 0.121. The van der Waals surface area contributed by atoms with Gasteiger partial charge in [0.05, 0.1) is 86.1 Å². The Kier molecular flexibility index (Phi) is 12.7. The first-order valence-electron chi connectivity index (χ1n) is 29.3. The van der Waals surface area contributed by atoms with Crippen LogP contribution in [0, 0.1) is 6.57 Å². The van der Waals surface area contributed by atoms with Crippen LogP contribution in [-0.2, 0) is 0 Å². The summed E-state index contributed by atoms with van der Waals surface area (Å²) >= 11 is 0. The highest BCUT2D eigenvalue weighted by atomic mass is 15.1. The van der Waals surface area contributed by atoms with Gasteiger partial charge in [0.15, 0.2) is 5.69 Å². The average molecular weight is 1120 g/mol. The Morgan fingerprint density at radius 1 is 0.261 bits per heavy atom. The predicted molar refractivity (Wildman–Crippen MR) is 359 cm³/mol. The highest BCUT2D eigenvalue weighted by Crippen LogP contribution is 2.43. The molecule has 0 radical (unpaired) electrons. The number of nitrogens with zero attached hydrogens (tertiary/aromatic N) is 8. The van der Waals surface area contributed by atoms with Gasteiger partial charge in [-0.25, -0.2) is 29.8 Å². The van der Waals surface area contributed by atoms with Gasteiger partial charge in [-0.2, -0.15) is 0 Å². The molecule has 0 fully saturated rings.